The van der Waals surface area contributed by atoms with Gasteiger partial charge in [0.05, 0.1) is 0 Å². The van der Waals surface area contributed by atoms with Crippen molar-refractivity contribution in [2.45, 2.75) is 45.3 Å². The summed E-state index contributed by atoms with van der Waals surface area (Å²) in [7, 11) is 0. The van der Waals surface area contributed by atoms with E-state index < -0.39 is 0 Å². The van der Waals surface area contributed by atoms with Gasteiger partial charge in [-0.25, -0.2) is 6.17 Å². The smallest absolute Gasteiger partial charge is 0 e. The summed E-state index contributed by atoms with van der Waals surface area (Å²) in [6, 6.07) is 0.506. The summed E-state index contributed by atoms with van der Waals surface area (Å²) < 4.78 is 0. The number of nitrogens with zero attached hydrogens (tertiary/aromatic N) is 2. The summed E-state index contributed by atoms with van der Waals surface area (Å²) in [6.45, 7) is 5.36. The molecule has 0 aliphatic carbocycles. The van der Waals surface area contributed by atoms with Gasteiger partial charge in [-0.05, 0) is 0 Å². The average molecular weight is 244 g/mol. The molecule has 72 valence electrons. The van der Waals surface area contributed by atoms with Crippen molar-refractivity contribution in [1.29, 1.82) is 0 Å². The second kappa shape index (κ2) is 8.58. The number of rotatable bonds is 3. The first-order valence-electron chi connectivity index (χ1n) is 4.19. The van der Waals surface area contributed by atoms with Crippen LogP contribution in [0.2, 0.25) is 0 Å². The zero-order valence-corrected chi connectivity index (χ0v) is 10.2. The van der Waals surface area contributed by atoms with Crippen LogP contribution < -0.4 is 0 Å². The van der Waals surface area contributed by atoms with Gasteiger partial charge in [-0.2, -0.15) is 6.54 Å². The maximum atomic E-state index is 4.53. The summed E-state index contributed by atoms with van der Waals surface area (Å²) in [5.41, 5.74) is 0. The third-order valence-electron chi connectivity index (χ3n) is 1.98. The zero-order valence-electron chi connectivity index (χ0n) is 7.69. The molecule has 0 radical (unpaired) electrons. The Hall–Kier alpha value is 0.985. The monoisotopic (exact) mass is 244 g/mol. The maximum Gasteiger partial charge on any atom is 0 e. The Bertz CT molecular complexity index is 95.1. The molecular formula is C8H16Cr2N2-2. The Morgan fingerprint density at radius 1 is 1.50 bits per heavy atom. The third kappa shape index (κ3) is 5.60. The van der Waals surface area contributed by atoms with Gasteiger partial charge in [0.2, 0.25) is 0 Å². The Morgan fingerprint density at radius 3 is 2.58 bits per heavy atom. The van der Waals surface area contributed by atoms with E-state index in [9.17, 15) is 0 Å². The van der Waals surface area contributed by atoms with Crippen LogP contribution in [-0.4, -0.2) is 18.8 Å². The van der Waals surface area contributed by atoms with Gasteiger partial charge in [0.25, 0.3) is 0 Å². The summed E-state index contributed by atoms with van der Waals surface area (Å²) in [6.07, 6.45) is 3.91. The first kappa shape index (κ1) is 15.5. The zero-order chi connectivity index (χ0) is 7.40. The van der Waals surface area contributed by atoms with E-state index in [-0.39, 0.29) is 34.7 Å². The van der Waals surface area contributed by atoms with Crippen molar-refractivity contribution in [3.63, 3.8) is 0 Å². The topological polar surface area (TPSA) is 28.2 Å². The molecule has 1 heterocycles. The molecular weight excluding hydrogens is 228 g/mol. The molecule has 1 fully saturated rings. The molecule has 4 heteroatoms. The molecule has 1 rings (SSSR count). The minimum atomic E-state index is 0. The predicted octanol–water partition coefficient (Wildman–Crippen LogP) is 2.65. The predicted molar refractivity (Wildman–Crippen MR) is 44.4 cm³/mol. The molecule has 1 saturated heterocycles. The minimum absolute atomic E-state index is 0. The molecule has 2 unspecified atom stereocenters. The molecule has 0 aromatic carbocycles. The van der Waals surface area contributed by atoms with E-state index in [0.29, 0.717) is 12.2 Å². The minimum Gasteiger partial charge on any atom is -0.678 e. The SMILES string of the molecule is CCC(C)[N-]C1CCC[N-]1.[Cr].[Cr]. The van der Waals surface area contributed by atoms with E-state index in [1.165, 1.54) is 12.8 Å². The van der Waals surface area contributed by atoms with Gasteiger partial charge in [0, 0.05) is 34.7 Å². The average Bonchev–Trinajstić information content (AvgIpc) is 2.40. The van der Waals surface area contributed by atoms with Gasteiger partial charge in [0.15, 0.2) is 0 Å². The van der Waals surface area contributed by atoms with Crippen LogP contribution >= 0.6 is 0 Å². The van der Waals surface area contributed by atoms with E-state index in [1.54, 1.807) is 0 Å². The Kier molecular flexibility index (Phi) is 11.0. The Balaban J connectivity index is 0. The molecule has 0 spiro atoms. The fourth-order valence-electron chi connectivity index (χ4n) is 1.13. The van der Waals surface area contributed by atoms with Crippen LogP contribution in [0.5, 0.6) is 0 Å². The van der Waals surface area contributed by atoms with Crippen molar-refractivity contribution in [1.82, 2.24) is 0 Å². The van der Waals surface area contributed by atoms with Gasteiger partial charge in [0.1, 0.15) is 0 Å². The van der Waals surface area contributed by atoms with Gasteiger partial charge in [-0.15, -0.1) is 6.04 Å². The van der Waals surface area contributed by atoms with Crippen molar-refractivity contribution >= 4 is 0 Å². The third-order valence-corrected chi connectivity index (χ3v) is 1.98. The molecule has 2 nitrogen and oxygen atoms in total. The molecule has 0 N–H and O–H groups in total. The normalized spacial score (nSPS) is 24.0. The van der Waals surface area contributed by atoms with E-state index in [1.807, 2.05) is 0 Å². The van der Waals surface area contributed by atoms with Crippen molar-refractivity contribution < 1.29 is 34.7 Å². The van der Waals surface area contributed by atoms with E-state index >= 15 is 0 Å². The van der Waals surface area contributed by atoms with Gasteiger partial charge >= 0.3 is 0 Å². The molecule has 1 aliphatic rings. The summed E-state index contributed by atoms with van der Waals surface area (Å²) in [5, 5.41) is 8.88. The van der Waals surface area contributed by atoms with Crippen molar-refractivity contribution in [3.05, 3.63) is 10.6 Å². The summed E-state index contributed by atoms with van der Waals surface area (Å²) in [4.78, 5) is 0. The first-order valence-corrected chi connectivity index (χ1v) is 4.19. The largest absolute Gasteiger partial charge is 0.678 e. The van der Waals surface area contributed by atoms with Crippen LogP contribution in [0, 0.1) is 0 Å². The fraction of sp³-hybridized carbons (Fsp3) is 1.00. The van der Waals surface area contributed by atoms with Crippen molar-refractivity contribution in [2.75, 3.05) is 6.54 Å². The van der Waals surface area contributed by atoms with Crippen LogP contribution in [-0.2, 0) is 34.7 Å². The van der Waals surface area contributed by atoms with E-state index in [0.717, 1.165) is 13.0 Å². The van der Waals surface area contributed by atoms with Gasteiger partial charge in [-0.1, -0.05) is 33.1 Å². The Labute approximate surface area is 97.1 Å². The second-order valence-electron chi connectivity index (χ2n) is 2.94. The molecule has 0 aromatic rings. The molecule has 2 atom stereocenters. The van der Waals surface area contributed by atoms with Crippen LogP contribution in [0.4, 0.5) is 0 Å². The summed E-state index contributed by atoms with van der Waals surface area (Å²) in [5.74, 6) is 0. The maximum absolute atomic E-state index is 4.53. The van der Waals surface area contributed by atoms with Crippen LogP contribution in [0.25, 0.3) is 10.6 Å². The molecule has 0 aromatic heterocycles. The second-order valence-corrected chi connectivity index (χ2v) is 2.94. The van der Waals surface area contributed by atoms with Gasteiger partial charge < -0.3 is 10.6 Å². The first-order chi connectivity index (χ1) is 4.83. The number of hydrogen-bond acceptors (Lipinski definition) is 0. The molecule has 1 aliphatic heterocycles. The molecule has 0 bridgehead atoms. The van der Waals surface area contributed by atoms with Crippen molar-refractivity contribution in [3.8, 4) is 0 Å². The van der Waals surface area contributed by atoms with E-state index in [2.05, 4.69) is 24.5 Å². The standard InChI is InChI=1S/C8H16N2.2Cr/c1-3-7(2)10-8-5-4-6-9-8;;/h7-8H,3-6H2,1-2H3;;/q-2;;. The summed E-state index contributed by atoms with van der Waals surface area (Å²) >= 11 is 0. The number of hydrogen-bond donors (Lipinski definition) is 0. The molecule has 0 saturated carbocycles. The molecule has 0 amide bonds. The van der Waals surface area contributed by atoms with Crippen molar-refractivity contribution in [2.24, 2.45) is 0 Å². The fourth-order valence-corrected chi connectivity index (χ4v) is 1.13. The Morgan fingerprint density at radius 2 is 2.17 bits per heavy atom. The van der Waals surface area contributed by atoms with Crippen LogP contribution in [0.15, 0.2) is 0 Å². The van der Waals surface area contributed by atoms with Crippen LogP contribution in [0.1, 0.15) is 33.1 Å². The van der Waals surface area contributed by atoms with Gasteiger partial charge in [-0.3, -0.25) is 0 Å². The van der Waals surface area contributed by atoms with E-state index in [4.69, 9.17) is 0 Å². The quantitative estimate of drug-likeness (QED) is 0.730. The molecule has 12 heavy (non-hydrogen) atoms. The van der Waals surface area contributed by atoms with Crippen LogP contribution in [0.3, 0.4) is 0 Å².